The van der Waals surface area contributed by atoms with Gasteiger partial charge in [-0.25, -0.2) is 4.98 Å². The monoisotopic (exact) mass is 298 g/mol. The lowest BCUT2D eigenvalue weighted by atomic mass is 10.1. The van der Waals surface area contributed by atoms with Crippen molar-refractivity contribution in [2.45, 2.75) is 40.7 Å². The van der Waals surface area contributed by atoms with Gasteiger partial charge in [0.1, 0.15) is 5.82 Å². The van der Waals surface area contributed by atoms with Crippen molar-refractivity contribution in [3.63, 3.8) is 0 Å². The van der Waals surface area contributed by atoms with Gasteiger partial charge in [0.2, 0.25) is 5.95 Å². The highest BCUT2D eigenvalue weighted by Crippen LogP contribution is 2.12. The van der Waals surface area contributed by atoms with Crippen LogP contribution in [0.15, 0.2) is 30.3 Å². The van der Waals surface area contributed by atoms with E-state index in [1.165, 1.54) is 11.1 Å². The maximum atomic E-state index is 4.53. The van der Waals surface area contributed by atoms with Crippen LogP contribution in [0.2, 0.25) is 0 Å². The molecule has 2 rings (SSSR count). The fourth-order valence-corrected chi connectivity index (χ4v) is 2.11. The molecule has 2 N–H and O–H groups in total. The number of nitrogens with one attached hydrogen (secondary N) is 2. The summed E-state index contributed by atoms with van der Waals surface area (Å²) in [5, 5.41) is 6.67. The molecule has 22 heavy (non-hydrogen) atoms. The second-order valence-electron chi connectivity index (χ2n) is 6.17. The molecule has 1 aromatic heterocycles. The first-order valence-electron chi connectivity index (χ1n) is 7.92. The summed E-state index contributed by atoms with van der Waals surface area (Å²) in [5.74, 6) is 2.25. The van der Waals surface area contributed by atoms with Crippen LogP contribution in [0.1, 0.15) is 37.1 Å². The molecule has 0 unspecified atom stereocenters. The first-order valence-corrected chi connectivity index (χ1v) is 7.92. The van der Waals surface area contributed by atoms with E-state index in [1.54, 1.807) is 0 Å². The molecule has 0 saturated carbocycles. The summed E-state index contributed by atoms with van der Waals surface area (Å²) in [4.78, 5) is 8.98. The Balaban J connectivity index is 1.95. The molecule has 0 radical (unpaired) electrons. The van der Waals surface area contributed by atoms with Crippen LogP contribution >= 0.6 is 0 Å². The third kappa shape index (κ3) is 5.35. The lowest BCUT2D eigenvalue weighted by Gasteiger charge is -2.11. The lowest BCUT2D eigenvalue weighted by molar-refractivity contribution is 0.606. The minimum Gasteiger partial charge on any atom is -0.370 e. The van der Waals surface area contributed by atoms with E-state index >= 15 is 0 Å². The smallest absolute Gasteiger partial charge is 0.225 e. The van der Waals surface area contributed by atoms with Gasteiger partial charge < -0.3 is 10.6 Å². The molecule has 118 valence electrons. The fourth-order valence-electron chi connectivity index (χ4n) is 2.11. The van der Waals surface area contributed by atoms with Crippen molar-refractivity contribution in [1.29, 1.82) is 0 Å². The van der Waals surface area contributed by atoms with Gasteiger partial charge in [-0.05, 0) is 31.7 Å². The van der Waals surface area contributed by atoms with Gasteiger partial charge >= 0.3 is 0 Å². The Morgan fingerprint density at radius 3 is 2.41 bits per heavy atom. The summed E-state index contributed by atoms with van der Waals surface area (Å²) in [6.45, 7) is 10.2. The molecule has 0 spiro atoms. The summed E-state index contributed by atoms with van der Waals surface area (Å²) in [6.07, 6.45) is 1.13. The average Bonchev–Trinajstić information content (AvgIpc) is 2.46. The van der Waals surface area contributed by atoms with Gasteiger partial charge in [0.15, 0.2) is 0 Å². The molecule has 4 heteroatoms. The normalized spacial score (nSPS) is 10.8. The van der Waals surface area contributed by atoms with Crippen molar-refractivity contribution in [3.8, 4) is 0 Å². The van der Waals surface area contributed by atoms with E-state index in [0.29, 0.717) is 11.9 Å². The Kier molecular flexibility index (Phi) is 5.75. The zero-order valence-corrected chi connectivity index (χ0v) is 14.0. The molecule has 0 fully saturated rings. The first-order chi connectivity index (χ1) is 10.5. The number of hydrogen-bond donors (Lipinski definition) is 2. The van der Waals surface area contributed by atoms with E-state index < -0.39 is 0 Å². The van der Waals surface area contributed by atoms with Gasteiger partial charge in [0, 0.05) is 24.8 Å². The third-order valence-corrected chi connectivity index (χ3v) is 3.45. The Bertz CT molecular complexity index is 591. The number of aryl methyl sites for hydroxylation is 2. The standard InChI is InChI=1S/C18H26N4/c1-13(2)9-10-19-17-11-15(4)21-18(22-17)20-12-16-7-5-14(3)6-8-16/h5-8,11,13H,9-10,12H2,1-4H3,(H2,19,20,21,22). The van der Waals surface area contributed by atoms with Crippen molar-refractivity contribution in [2.75, 3.05) is 17.2 Å². The Labute approximate surface area is 133 Å². The van der Waals surface area contributed by atoms with Gasteiger partial charge in [0.25, 0.3) is 0 Å². The highest BCUT2D eigenvalue weighted by atomic mass is 15.1. The van der Waals surface area contributed by atoms with Gasteiger partial charge in [0.05, 0.1) is 0 Å². The van der Waals surface area contributed by atoms with E-state index in [0.717, 1.165) is 31.0 Å². The van der Waals surface area contributed by atoms with E-state index in [9.17, 15) is 0 Å². The summed E-state index contributed by atoms with van der Waals surface area (Å²) in [5.41, 5.74) is 3.46. The topological polar surface area (TPSA) is 49.8 Å². The van der Waals surface area contributed by atoms with Crippen LogP contribution in [0, 0.1) is 19.8 Å². The second kappa shape index (κ2) is 7.78. The van der Waals surface area contributed by atoms with Crippen LogP contribution in [0.4, 0.5) is 11.8 Å². The van der Waals surface area contributed by atoms with Crippen molar-refractivity contribution >= 4 is 11.8 Å². The third-order valence-electron chi connectivity index (χ3n) is 3.45. The fraction of sp³-hybridized carbons (Fsp3) is 0.444. The quantitative estimate of drug-likeness (QED) is 0.805. The molecule has 0 atom stereocenters. The highest BCUT2D eigenvalue weighted by molar-refractivity contribution is 5.42. The maximum absolute atomic E-state index is 4.53. The number of benzene rings is 1. The van der Waals surface area contributed by atoms with Crippen molar-refractivity contribution in [1.82, 2.24) is 9.97 Å². The molecule has 1 aromatic carbocycles. The average molecular weight is 298 g/mol. The number of hydrogen-bond acceptors (Lipinski definition) is 4. The molecule has 2 aromatic rings. The summed E-state index contributed by atoms with van der Waals surface area (Å²) < 4.78 is 0. The van der Waals surface area contributed by atoms with Crippen LogP contribution in [0.25, 0.3) is 0 Å². The van der Waals surface area contributed by atoms with E-state index in [2.05, 4.69) is 65.6 Å². The molecular weight excluding hydrogens is 272 g/mol. The molecule has 4 nitrogen and oxygen atoms in total. The Morgan fingerprint density at radius 1 is 1.00 bits per heavy atom. The second-order valence-corrected chi connectivity index (χ2v) is 6.17. The van der Waals surface area contributed by atoms with Gasteiger partial charge in [-0.2, -0.15) is 4.98 Å². The summed E-state index contributed by atoms with van der Waals surface area (Å²) in [7, 11) is 0. The van der Waals surface area contributed by atoms with Gasteiger partial charge in [-0.3, -0.25) is 0 Å². The van der Waals surface area contributed by atoms with E-state index in [-0.39, 0.29) is 0 Å². The molecule has 0 aliphatic rings. The summed E-state index contributed by atoms with van der Waals surface area (Å²) >= 11 is 0. The zero-order chi connectivity index (χ0) is 15.9. The number of anilines is 2. The first kappa shape index (κ1) is 16.3. The van der Waals surface area contributed by atoms with Gasteiger partial charge in [-0.1, -0.05) is 43.7 Å². The molecule has 0 saturated heterocycles. The summed E-state index contributed by atoms with van der Waals surface area (Å²) in [6, 6.07) is 10.5. The van der Waals surface area contributed by atoms with Crippen molar-refractivity contribution in [3.05, 3.63) is 47.2 Å². The van der Waals surface area contributed by atoms with Crippen LogP contribution in [-0.2, 0) is 6.54 Å². The van der Waals surface area contributed by atoms with Crippen LogP contribution in [0.5, 0.6) is 0 Å². The molecule has 0 aliphatic heterocycles. The number of aromatic nitrogens is 2. The SMILES string of the molecule is Cc1ccc(CNc2nc(C)cc(NCCC(C)C)n2)cc1. The maximum Gasteiger partial charge on any atom is 0.225 e. The lowest BCUT2D eigenvalue weighted by Crippen LogP contribution is -2.10. The van der Waals surface area contributed by atoms with Crippen LogP contribution in [0.3, 0.4) is 0 Å². The Morgan fingerprint density at radius 2 is 1.73 bits per heavy atom. The minimum atomic E-state index is 0.674. The molecule has 0 aliphatic carbocycles. The highest BCUT2D eigenvalue weighted by Gasteiger charge is 2.03. The van der Waals surface area contributed by atoms with Crippen LogP contribution in [-0.4, -0.2) is 16.5 Å². The minimum absolute atomic E-state index is 0.674. The van der Waals surface area contributed by atoms with E-state index in [4.69, 9.17) is 0 Å². The largest absolute Gasteiger partial charge is 0.370 e. The van der Waals surface area contributed by atoms with E-state index in [1.807, 2.05) is 13.0 Å². The molecule has 0 amide bonds. The van der Waals surface area contributed by atoms with Gasteiger partial charge in [-0.15, -0.1) is 0 Å². The molecule has 0 bridgehead atoms. The predicted molar refractivity (Wildman–Crippen MR) is 93.2 cm³/mol. The Hall–Kier alpha value is -2.10. The number of nitrogens with zero attached hydrogens (tertiary/aromatic N) is 2. The molecular formula is C18H26N4. The predicted octanol–water partition coefficient (Wildman–Crippen LogP) is 4.16. The van der Waals surface area contributed by atoms with Crippen molar-refractivity contribution in [2.24, 2.45) is 5.92 Å². The van der Waals surface area contributed by atoms with Crippen molar-refractivity contribution < 1.29 is 0 Å². The number of rotatable bonds is 7. The zero-order valence-electron chi connectivity index (χ0n) is 14.0. The van der Waals surface area contributed by atoms with Crippen LogP contribution < -0.4 is 10.6 Å². The molecule has 1 heterocycles.